The summed E-state index contributed by atoms with van der Waals surface area (Å²) in [5, 5.41) is 6.54. The molecule has 2 unspecified atom stereocenters. The van der Waals surface area contributed by atoms with Crippen molar-refractivity contribution in [3.05, 3.63) is 0 Å². The molecule has 1 saturated heterocycles. The van der Waals surface area contributed by atoms with E-state index >= 15 is 0 Å². The lowest BCUT2D eigenvalue weighted by atomic mass is 9.71. The fraction of sp³-hybridized carbons (Fsp3) is 0.889. The van der Waals surface area contributed by atoms with Crippen molar-refractivity contribution >= 4 is 11.9 Å². The molecule has 5 heteroatoms. The van der Waals surface area contributed by atoms with E-state index in [0.717, 1.165) is 38.8 Å². The maximum atomic E-state index is 12.5. The number of hydrogen-bond donors (Lipinski definition) is 2. The molecular weight excluding hydrogens is 290 g/mol. The van der Waals surface area contributed by atoms with Gasteiger partial charge in [0, 0.05) is 31.6 Å². The Morgan fingerprint density at radius 3 is 2.04 bits per heavy atom. The first-order chi connectivity index (χ1) is 10.8. The minimum atomic E-state index is 0.00618. The summed E-state index contributed by atoms with van der Waals surface area (Å²) in [7, 11) is 0. The summed E-state index contributed by atoms with van der Waals surface area (Å²) in [5.41, 5.74) is 0.906. The van der Waals surface area contributed by atoms with Gasteiger partial charge in [0.2, 0.25) is 5.91 Å². The summed E-state index contributed by atoms with van der Waals surface area (Å²) in [5.74, 6) is 0.804. The van der Waals surface area contributed by atoms with Gasteiger partial charge in [-0.15, -0.1) is 0 Å². The second-order valence-electron chi connectivity index (χ2n) is 9.11. The second-order valence-corrected chi connectivity index (χ2v) is 9.11. The van der Waals surface area contributed by atoms with Gasteiger partial charge in [0.1, 0.15) is 0 Å². The Labute approximate surface area is 138 Å². The smallest absolute Gasteiger partial charge is 0.315 e. The molecule has 4 aliphatic carbocycles. The predicted octanol–water partition coefficient (Wildman–Crippen LogP) is 2.27. The first-order valence-electron chi connectivity index (χ1n) is 9.10. The van der Waals surface area contributed by atoms with Gasteiger partial charge >= 0.3 is 6.03 Å². The van der Waals surface area contributed by atoms with E-state index in [0.29, 0.717) is 16.7 Å². The van der Waals surface area contributed by atoms with Crippen molar-refractivity contribution in [3.63, 3.8) is 0 Å². The van der Waals surface area contributed by atoms with Crippen molar-refractivity contribution < 1.29 is 9.59 Å². The minimum Gasteiger partial charge on any atom is -0.343 e. The maximum absolute atomic E-state index is 12.5. The molecule has 5 fully saturated rings. The van der Waals surface area contributed by atoms with Crippen LogP contribution in [-0.4, -0.2) is 41.5 Å². The number of amides is 3. The Morgan fingerprint density at radius 1 is 1.04 bits per heavy atom. The number of carbonyl (C=O) groups is 2. The molecule has 23 heavy (non-hydrogen) atoms. The van der Waals surface area contributed by atoms with Gasteiger partial charge < -0.3 is 15.5 Å². The summed E-state index contributed by atoms with van der Waals surface area (Å²) < 4.78 is 0. The quantitative estimate of drug-likeness (QED) is 0.820. The largest absolute Gasteiger partial charge is 0.343 e. The molecule has 1 heterocycles. The molecule has 5 nitrogen and oxygen atoms in total. The van der Waals surface area contributed by atoms with Crippen LogP contribution in [-0.2, 0) is 4.79 Å². The molecule has 2 N–H and O–H groups in total. The molecule has 5 rings (SSSR count). The number of rotatable bonds is 2. The van der Waals surface area contributed by atoms with Crippen LogP contribution in [0, 0.1) is 16.7 Å². The molecule has 5 aliphatic rings. The number of urea groups is 1. The molecule has 128 valence electrons. The van der Waals surface area contributed by atoms with Gasteiger partial charge in [-0.25, -0.2) is 4.79 Å². The molecule has 4 bridgehead atoms. The average molecular weight is 319 g/mol. The van der Waals surface area contributed by atoms with Crippen LogP contribution in [0.3, 0.4) is 0 Å². The van der Waals surface area contributed by atoms with E-state index in [2.05, 4.69) is 24.5 Å². The van der Waals surface area contributed by atoms with Crippen molar-refractivity contribution in [2.75, 3.05) is 13.1 Å². The van der Waals surface area contributed by atoms with E-state index in [1.165, 1.54) is 12.8 Å². The highest BCUT2D eigenvalue weighted by Gasteiger charge is 2.74. The lowest BCUT2D eigenvalue weighted by molar-refractivity contribution is -0.129. The van der Waals surface area contributed by atoms with Gasteiger partial charge in [-0.2, -0.15) is 0 Å². The zero-order valence-corrected chi connectivity index (χ0v) is 14.6. The molecule has 0 radical (unpaired) electrons. The Balaban J connectivity index is 1.33. The fourth-order valence-electron chi connectivity index (χ4n) is 6.33. The lowest BCUT2D eigenvalue weighted by Crippen LogP contribution is -2.55. The highest BCUT2D eigenvalue weighted by molar-refractivity contribution is 5.76. The fourth-order valence-corrected chi connectivity index (χ4v) is 6.33. The third-order valence-electron chi connectivity index (χ3n) is 7.68. The maximum Gasteiger partial charge on any atom is 0.315 e. The Bertz CT molecular complexity index is 534. The topological polar surface area (TPSA) is 61.4 Å². The number of piperidine rings is 1. The van der Waals surface area contributed by atoms with Gasteiger partial charge in [0.15, 0.2) is 0 Å². The number of likely N-dealkylation sites (tertiary alicyclic amines) is 1. The molecule has 0 aromatic carbocycles. The summed E-state index contributed by atoms with van der Waals surface area (Å²) in [6.45, 7) is 7.95. The van der Waals surface area contributed by atoms with Crippen molar-refractivity contribution in [2.45, 2.75) is 70.9 Å². The first kappa shape index (κ1) is 15.3. The number of nitrogens with zero attached hydrogens (tertiary/aromatic N) is 1. The molecule has 0 aromatic heterocycles. The van der Waals surface area contributed by atoms with Crippen LogP contribution >= 0.6 is 0 Å². The SMILES string of the molecule is CC(=O)N1CCC(NC(=O)NC23CC4(C)CC2CC4(C)C3)CC1. The molecular formula is C18H29N3O2. The Hall–Kier alpha value is -1.26. The van der Waals surface area contributed by atoms with Gasteiger partial charge in [0.05, 0.1) is 0 Å². The van der Waals surface area contributed by atoms with Crippen molar-refractivity contribution in [1.29, 1.82) is 0 Å². The monoisotopic (exact) mass is 319 g/mol. The van der Waals surface area contributed by atoms with E-state index in [4.69, 9.17) is 0 Å². The molecule has 0 aromatic rings. The van der Waals surface area contributed by atoms with E-state index in [1.54, 1.807) is 6.92 Å². The van der Waals surface area contributed by atoms with E-state index < -0.39 is 0 Å². The summed E-state index contributed by atoms with van der Waals surface area (Å²) >= 11 is 0. The average Bonchev–Trinajstić information content (AvgIpc) is 3.01. The standard InChI is InChI=1S/C18H29N3O2/c1-12(22)21-6-4-14(5-7-21)19-15(23)20-18-10-16(2)8-13(18)9-17(16,3)11-18/h13-14H,4-11H2,1-3H3,(H2,19,20,23). The lowest BCUT2D eigenvalue weighted by Gasteiger charge is -2.34. The van der Waals surface area contributed by atoms with Gasteiger partial charge in [-0.1, -0.05) is 13.8 Å². The third kappa shape index (κ3) is 2.11. The second kappa shape index (κ2) is 4.64. The van der Waals surface area contributed by atoms with Crippen LogP contribution in [0.5, 0.6) is 0 Å². The van der Waals surface area contributed by atoms with E-state index in [9.17, 15) is 9.59 Å². The van der Waals surface area contributed by atoms with Crippen LogP contribution in [0.15, 0.2) is 0 Å². The van der Waals surface area contributed by atoms with Crippen molar-refractivity contribution in [1.82, 2.24) is 15.5 Å². The van der Waals surface area contributed by atoms with Crippen molar-refractivity contribution in [3.8, 4) is 0 Å². The van der Waals surface area contributed by atoms with Crippen LogP contribution < -0.4 is 10.6 Å². The number of hydrogen-bond acceptors (Lipinski definition) is 2. The van der Waals surface area contributed by atoms with Gasteiger partial charge in [-0.05, 0) is 55.3 Å². The van der Waals surface area contributed by atoms with Crippen LogP contribution in [0.4, 0.5) is 4.79 Å². The molecule has 2 atom stereocenters. The normalized spacial score (nSPS) is 44.8. The molecule has 1 aliphatic heterocycles. The highest BCUT2D eigenvalue weighted by atomic mass is 16.2. The predicted molar refractivity (Wildman–Crippen MR) is 87.8 cm³/mol. The highest BCUT2D eigenvalue weighted by Crippen LogP contribution is 2.77. The number of carbonyl (C=O) groups excluding carboxylic acids is 2. The van der Waals surface area contributed by atoms with Gasteiger partial charge in [0.25, 0.3) is 0 Å². The summed E-state index contributed by atoms with van der Waals surface area (Å²) in [6, 6.07) is 0.202. The third-order valence-corrected chi connectivity index (χ3v) is 7.68. The number of nitrogens with one attached hydrogen (secondary N) is 2. The minimum absolute atomic E-state index is 0.00618. The Morgan fingerprint density at radius 2 is 1.61 bits per heavy atom. The van der Waals surface area contributed by atoms with Crippen LogP contribution in [0.25, 0.3) is 0 Å². The van der Waals surface area contributed by atoms with E-state index in [-0.39, 0.29) is 23.5 Å². The van der Waals surface area contributed by atoms with Gasteiger partial charge in [-0.3, -0.25) is 4.79 Å². The first-order valence-corrected chi connectivity index (χ1v) is 9.10. The van der Waals surface area contributed by atoms with Crippen LogP contribution in [0.1, 0.15) is 59.3 Å². The molecule has 0 spiro atoms. The molecule has 3 amide bonds. The van der Waals surface area contributed by atoms with Crippen LogP contribution in [0.2, 0.25) is 0 Å². The summed E-state index contributed by atoms with van der Waals surface area (Å²) in [6.07, 6.45) is 6.58. The summed E-state index contributed by atoms with van der Waals surface area (Å²) in [4.78, 5) is 25.8. The van der Waals surface area contributed by atoms with E-state index in [1.807, 2.05) is 4.90 Å². The molecule has 4 saturated carbocycles. The van der Waals surface area contributed by atoms with Crippen molar-refractivity contribution in [2.24, 2.45) is 16.7 Å². The zero-order chi connectivity index (χ0) is 16.5. The Kier molecular flexibility index (Phi) is 3.08. The zero-order valence-electron chi connectivity index (χ0n) is 14.6.